The van der Waals surface area contributed by atoms with Crippen molar-refractivity contribution >= 4 is 46.4 Å². The summed E-state index contributed by atoms with van der Waals surface area (Å²) in [6.07, 6.45) is 0. The molecule has 1 unspecified atom stereocenters. The van der Waals surface area contributed by atoms with Gasteiger partial charge in [0.05, 0.1) is 36.4 Å². The Morgan fingerprint density at radius 2 is 1.68 bits per heavy atom. The summed E-state index contributed by atoms with van der Waals surface area (Å²) in [4.78, 5) is 42.1. The number of ketones is 1. The fraction of sp³-hybridized carbons (Fsp3) is 0.179. The molecule has 9 heteroatoms. The SMILES string of the molecule is COC(=O)c1cccc(N2C(=O)C(=O)/C(=C(/O)c3ccc(Cl)c(OC)c3)C2c2ccc(N(C)C)cc2)c1. The Morgan fingerprint density at radius 1 is 0.973 bits per heavy atom. The predicted molar refractivity (Wildman–Crippen MR) is 141 cm³/mol. The third-order valence-electron chi connectivity index (χ3n) is 6.14. The number of amides is 1. The fourth-order valence-electron chi connectivity index (χ4n) is 4.23. The molecular weight excluding hydrogens is 496 g/mol. The third-order valence-corrected chi connectivity index (χ3v) is 6.45. The molecule has 0 spiro atoms. The van der Waals surface area contributed by atoms with Crippen LogP contribution < -0.4 is 14.5 Å². The van der Waals surface area contributed by atoms with E-state index in [9.17, 15) is 19.5 Å². The first kappa shape index (κ1) is 25.8. The normalized spacial score (nSPS) is 16.6. The lowest BCUT2D eigenvalue weighted by atomic mass is 9.94. The Kier molecular flexibility index (Phi) is 7.22. The lowest BCUT2D eigenvalue weighted by Gasteiger charge is -2.26. The maximum atomic E-state index is 13.4. The van der Waals surface area contributed by atoms with Crippen LogP contribution in [0.2, 0.25) is 5.02 Å². The van der Waals surface area contributed by atoms with Crippen LogP contribution in [0.4, 0.5) is 11.4 Å². The van der Waals surface area contributed by atoms with Crippen LogP contribution in [0.1, 0.15) is 27.5 Å². The van der Waals surface area contributed by atoms with Crippen LogP contribution in [0.15, 0.2) is 72.3 Å². The summed E-state index contributed by atoms with van der Waals surface area (Å²) < 4.78 is 10.1. The highest BCUT2D eigenvalue weighted by Gasteiger charge is 2.47. The van der Waals surface area contributed by atoms with E-state index in [0.717, 1.165) is 5.69 Å². The van der Waals surface area contributed by atoms with Crippen molar-refractivity contribution in [2.24, 2.45) is 0 Å². The number of aliphatic hydroxyl groups excluding tert-OH is 1. The minimum Gasteiger partial charge on any atom is -0.507 e. The number of aliphatic hydroxyl groups is 1. The Labute approximate surface area is 219 Å². The number of halogens is 1. The highest BCUT2D eigenvalue weighted by Crippen LogP contribution is 2.43. The molecule has 1 atom stereocenters. The monoisotopic (exact) mass is 520 g/mol. The number of anilines is 2. The molecule has 1 aliphatic heterocycles. The van der Waals surface area contributed by atoms with Gasteiger partial charge >= 0.3 is 5.97 Å². The number of rotatable bonds is 6. The quantitative estimate of drug-likeness (QED) is 0.215. The number of benzene rings is 3. The van der Waals surface area contributed by atoms with Crippen molar-refractivity contribution in [2.45, 2.75) is 6.04 Å². The molecule has 8 nitrogen and oxygen atoms in total. The van der Waals surface area contributed by atoms with Gasteiger partial charge in [-0.15, -0.1) is 0 Å². The standard InChI is InChI=1S/C28H25ClN2O6/c1-30(2)19-11-8-16(9-12-19)24-23(25(32)17-10-13-21(29)22(15-17)36-3)26(33)27(34)31(24)20-7-5-6-18(14-20)28(35)37-4/h5-15,24,32H,1-4H3/b25-23+. The van der Waals surface area contributed by atoms with Gasteiger partial charge in [-0.2, -0.15) is 0 Å². The van der Waals surface area contributed by atoms with E-state index in [1.165, 1.54) is 43.4 Å². The minimum atomic E-state index is -0.967. The first-order valence-corrected chi connectivity index (χ1v) is 11.7. The van der Waals surface area contributed by atoms with Crippen LogP contribution in [-0.4, -0.2) is 51.1 Å². The molecule has 0 saturated carbocycles. The van der Waals surface area contributed by atoms with E-state index < -0.39 is 23.7 Å². The molecule has 1 amide bonds. The highest BCUT2D eigenvalue weighted by molar-refractivity contribution is 6.51. The molecule has 1 N–H and O–H groups in total. The van der Waals surface area contributed by atoms with E-state index in [4.69, 9.17) is 21.1 Å². The van der Waals surface area contributed by atoms with Crippen molar-refractivity contribution in [2.75, 3.05) is 38.1 Å². The van der Waals surface area contributed by atoms with E-state index in [2.05, 4.69) is 0 Å². The molecule has 0 bridgehead atoms. The summed E-state index contributed by atoms with van der Waals surface area (Å²) in [6.45, 7) is 0. The lowest BCUT2D eigenvalue weighted by molar-refractivity contribution is -0.132. The number of methoxy groups -OCH3 is 2. The molecular formula is C28H25ClN2O6. The maximum Gasteiger partial charge on any atom is 0.337 e. The Bertz CT molecular complexity index is 1410. The van der Waals surface area contributed by atoms with Crippen LogP contribution in [0.25, 0.3) is 5.76 Å². The number of nitrogens with zero attached hydrogens (tertiary/aromatic N) is 2. The van der Waals surface area contributed by atoms with Crippen molar-refractivity contribution < 1.29 is 29.0 Å². The number of esters is 1. The number of carbonyl (C=O) groups excluding carboxylic acids is 3. The van der Waals surface area contributed by atoms with Gasteiger partial charge in [0.2, 0.25) is 0 Å². The molecule has 1 saturated heterocycles. The average Bonchev–Trinajstić information content (AvgIpc) is 3.18. The third kappa shape index (κ3) is 4.75. The average molecular weight is 521 g/mol. The Balaban J connectivity index is 1.94. The van der Waals surface area contributed by atoms with Crippen molar-refractivity contribution in [1.82, 2.24) is 0 Å². The van der Waals surface area contributed by atoms with Gasteiger partial charge in [0.25, 0.3) is 11.7 Å². The van der Waals surface area contributed by atoms with E-state index >= 15 is 0 Å². The van der Waals surface area contributed by atoms with Gasteiger partial charge in [-0.3, -0.25) is 14.5 Å². The lowest BCUT2D eigenvalue weighted by Crippen LogP contribution is -2.29. The van der Waals surface area contributed by atoms with Gasteiger partial charge in [-0.1, -0.05) is 29.8 Å². The molecule has 37 heavy (non-hydrogen) atoms. The second-order valence-corrected chi connectivity index (χ2v) is 8.95. The van der Waals surface area contributed by atoms with Crippen LogP contribution in [0.5, 0.6) is 5.75 Å². The zero-order valence-corrected chi connectivity index (χ0v) is 21.4. The van der Waals surface area contributed by atoms with Crippen LogP contribution in [0.3, 0.4) is 0 Å². The zero-order valence-electron chi connectivity index (χ0n) is 20.7. The topological polar surface area (TPSA) is 96.4 Å². The minimum absolute atomic E-state index is 0.101. The second kappa shape index (κ2) is 10.4. The van der Waals surface area contributed by atoms with Gasteiger partial charge < -0.3 is 19.5 Å². The highest BCUT2D eigenvalue weighted by atomic mass is 35.5. The maximum absolute atomic E-state index is 13.4. The summed E-state index contributed by atoms with van der Waals surface area (Å²) in [5.41, 5.74) is 2.19. The molecule has 190 valence electrons. The first-order chi connectivity index (χ1) is 17.7. The van der Waals surface area contributed by atoms with E-state index in [1.807, 2.05) is 31.1 Å². The number of hydrogen-bond donors (Lipinski definition) is 1. The summed E-state index contributed by atoms with van der Waals surface area (Å²) in [7, 11) is 6.49. The fourth-order valence-corrected chi connectivity index (χ4v) is 4.43. The Morgan fingerprint density at radius 3 is 2.30 bits per heavy atom. The van der Waals surface area contributed by atoms with Gasteiger partial charge in [0, 0.05) is 31.0 Å². The number of Topliss-reactive ketones (excluding diaryl/α,β-unsaturated/α-hetero) is 1. The van der Waals surface area contributed by atoms with Crippen molar-refractivity contribution in [1.29, 1.82) is 0 Å². The molecule has 0 radical (unpaired) electrons. The number of carbonyl (C=O) groups is 3. The van der Waals surface area contributed by atoms with Crippen molar-refractivity contribution in [3.63, 3.8) is 0 Å². The van der Waals surface area contributed by atoms with Crippen LogP contribution in [0, 0.1) is 0 Å². The van der Waals surface area contributed by atoms with Gasteiger partial charge in [-0.05, 0) is 54.1 Å². The largest absolute Gasteiger partial charge is 0.507 e. The molecule has 1 aliphatic rings. The van der Waals surface area contributed by atoms with Gasteiger partial charge in [0.1, 0.15) is 11.5 Å². The molecule has 3 aromatic carbocycles. The van der Waals surface area contributed by atoms with Crippen LogP contribution in [-0.2, 0) is 14.3 Å². The second-order valence-electron chi connectivity index (χ2n) is 8.55. The zero-order chi connectivity index (χ0) is 26.9. The predicted octanol–water partition coefficient (Wildman–Crippen LogP) is 4.83. The van der Waals surface area contributed by atoms with Crippen LogP contribution >= 0.6 is 11.6 Å². The summed E-state index contributed by atoms with van der Waals surface area (Å²) in [5.74, 6) is -2.36. The molecule has 0 aliphatic carbocycles. The molecule has 1 heterocycles. The summed E-state index contributed by atoms with van der Waals surface area (Å²) >= 11 is 6.14. The summed E-state index contributed by atoms with van der Waals surface area (Å²) in [6, 6.07) is 17.1. The molecule has 4 rings (SSSR count). The number of ether oxygens (including phenoxy) is 2. The van der Waals surface area contributed by atoms with Gasteiger partial charge in [-0.25, -0.2) is 4.79 Å². The summed E-state index contributed by atoms with van der Waals surface area (Å²) in [5, 5.41) is 11.7. The first-order valence-electron chi connectivity index (χ1n) is 11.3. The molecule has 3 aromatic rings. The van der Waals surface area contributed by atoms with E-state index in [0.29, 0.717) is 22.0 Å². The number of hydrogen-bond acceptors (Lipinski definition) is 7. The smallest absolute Gasteiger partial charge is 0.337 e. The Hall–Kier alpha value is -4.30. The van der Waals surface area contributed by atoms with E-state index in [1.54, 1.807) is 30.3 Å². The van der Waals surface area contributed by atoms with Crippen molar-refractivity contribution in [3.05, 3.63) is 94.0 Å². The van der Waals surface area contributed by atoms with E-state index in [-0.39, 0.29) is 22.5 Å². The molecule has 0 aromatic heterocycles. The van der Waals surface area contributed by atoms with Gasteiger partial charge in [0.15, 0.2) is 0 Å². The molecule has 1 fully saturated rings. The van der Waals surface area contributed by atoms with Crippen molar-refractivity contribution in [3.8, 4) is 5.75 Å².